The lowest BCUT2D eigenvalue weighted by molar-refractivity contribution is -0.165. The van der Waals surface area contributed by atoms with E-state index in [2.05, 4.69) is 26.3 Å². The highest BCUT2D eigenvalue weighted by Gasteiger charge is 2.48. The number of likely N-dealkylation sites (tertiary alicyclic amines) is 2. The highest BCUT2D eigenvalue weighted by atomic mass is 19.3. The molecule has 248 valence electrons. The molecule has 0 aliphatic carbocycles. The van der Waals surface area contributed by atoms with Crippen LogP contribution in [-0.4, -0.2) is 101 Å². The van der Waals surface area contributed by atoms with E-state index in [9.17, 15) is 23.9 Å². The van der Waals surface area contributed by atoms with Gasteiger partial charge in [0.05, 0.1) is 44.2 Å². The summed E-state index contributed by atoms with van der Waals surface area (Å²) in [5, 5.41) is 22.6. The van der Waals surface area contributed by atoms with Crippen LogP contribution in [-0.2, 0) is 9.53 Å². The van der Waals surface area contributed by atoms with Crippen molar-refractivity contribution in [2.75, 3.05) is 51.8 Å². The van der Waals surface area contributed by atoms with Gasteiger partial charge in [0.25, 0.3) is 5.91 Å². The molecule has 2 atom stereocenters. The Labute approximate surface area is 272 Å². The number of amides is 1. The molecule has 2 aromatic carbocycles. The van der Waals surface area contributed by atoms with E-state index >= 15 is 0 Å². The summed E-state index contributed by atoms with van der Waals surface area (Å²) in [6, 6.07) is 14.9. The Morgan fingerprint density at radius 3 is 2.57 bits per heavy atom. The number of aliphatic hydroxyl groups excluding tert-OH is 1. The van der Waals surface area contributed by atoms with E-state index in [1.54, 1.807) is 25.4 Å². The fourth-order valence-electron chi connectivity index (χ4n) is 6.39. The number of nitrogens with zero attached hydrogens (tertiary/aromatic N) is 5. The molecule has 6 rings (SSSR count). The Hall–Kier alpha value is -4.38. The number of benzene rings is 2. The molecule has 47 heavy (non-hydrogen) atoms. The number of nitriles is 1. The van der Waals surface area contributed by atoms with E-state index < -0.39 is 30.6 Å². The molecular formula is C34H38F2N6O5. The van der Waals surface area contributed by atoms with Crippen molar-refractivity contribution in [2.45, 2.75) is 56.3 Å². The van der Waals surface area contributed by atoms with Gasteiger partial charge in [-0.3, -0.25) is 9.69 Å². The number of halogens is 2. The molecule has 3 aliphatic heterocycles. The lowest BCUT2D eigenvalue weighted by atomic mass is 9.88. The number of carbonyl (C=O) groups is 1. The summed E-state index contributed by atoms with van der Waals surface area (Å²) in [4.78, 5) is 24.4. The Balaban J connectivity index is 1.12. The van der Waals surface area contributed by atoms with Gasteiger partial charge in [0.15, 0.2) is 6.10 Å². The van der Waals surface area contributed by atoms with Gasteiger partial charge < -0.3 is 29.5 Å². The van der Waals surface area contributed by atoms with Crippen LogP contribution in [0.1, 0.15) is 43.2 Å². The molecule has 4 heterocycles. The first kappa shape index (κ1) is 32.6. The SMILES string of the molecule is COc1cc(Nc2nccc(-c3ccc(OC4CCN(C(=O)[C@H](C)O)CC4(F)F)c(C#N)c3)n2)ccc1C1CCN(C2COC2)CC1. The first-order valence-electron chi connectivity index (χ1n) is 15.8. The third-order valence-electron chi connectivity index (χ3n) is 9.12. The number of anilines is 2. The molecule has 0 bridgehead atoms. The Morgan fingerprint density at radius 2 is 1.91 bits per heavy atom. The summed E-state index contributed by atoms with van der Waals surface area (Å²) in [6.45, 7) is 4.12. The second-order valence-corrected chi connectivity index (χ2v) is 12.3. The quantitative estimate of drug-likeness (QED) is 0.345. The van der Waals surface area contributed by atoms with Crippen molar-refractivity contribution in [3.05, 3.63) is 59.8 Å². The topological polar surface area (TPSA) is 133 Å². The normalized spacial score (nSPS) is 20.9. The zero-order chi connectivity index (χ0) is 33.1. The Bertz CT molecular complexity index is 1640. The maximum Gasteiger partial charge on any atom is 0.301 e. The standard InChI is InChI=1S/C34H38F2N6O5/c1-21(43)32(44)42-14-10-31(34(35,36)20-42)47-29-6-3-23(15-24(29)17-37)28-7-11-38-33(40-28)39-25-4-5-27(30(16-25)45-2)22-8-12-41(13-9-22)26-18-46-19-26/h3-7,11,15-16,21-22,26,31,43H,8-10,12-14,18-20H2,1-2H3,(H,38,39,40)/t21-,31?/m0/s1. The fraction of sp³-hybridized carbons (Fsp3) is 0.471. The van der Waals surface area contributed by atoms with E-state index in [-0.39, 0.29) is 24.3 Å². The van der Waals surface area contributed by atoms with Crippen molar-refractivity contribution in [3.63, 3.8) is 0 Å². The fourth-order valence-corrected chi connectivity index (χ4v) is 6.39. The Kier molecular flexibility index (Phi) is 9.54. The second-order valence-electron chi connectivity index (χ2n) is 12.3. The maximum atomic E-state index is 14.9. The van der Waals surface area contributed by atoms with Gasteiger partial charge in [-0.25, -0.2) is 18.7 Å². The van der Waals surface area contributed by atoms with Crippen LogP contribution >= 0.6 is 0 Å². The Morgan fingerprint density at radius 1 is 1.13 bits per heavy atom. The van der Waals surface area contributed by atoms with Gasteiger partial charge in [-0.2, -0.15) is 5.26 Å². The van der Waals surface area contributed by atoms with Gasteiger partial charge in [-0.05, 0) is 74.7 Å². The number of aromatic nitrogens is 2. The van der Waals surface area contributed by atoms with Crippen LogP contribution in [0.25, 0.3) is 11.3 Å². The number of rotatable bonds is 9. The van der Waals surface area contributed by atoms with Crippen LogP contribution in [0.4, 0.5) is 20.4 Å². The summed E-state index contributed by atoms with van der Waals surface area (Å²) in [7, 11) is 1.67. The van der Waals surface area contributed by atoms with Crippen molar-refractivity contribution >= 4 is 17.5 Å². The van der Waals surface area contributed by atoms with Gasteiger partial charge in [-0.15, -0.1) is 0 Å². The molecule has 3 aliphatic rings. The van der Waals surface area contributed by atoms with Crippen molar-refractivity contribution in [3.8, 4) is 28.8 Å². The number of hydrogen-bond acceptors (Lipinski definition) is 10. The summed E-state index contributed by atoms with van der Waals surface area (Å²) in [5.74, 6) is -2.56. The second kappa shape index (κ2) is 13.8. The molecule has 1 aromatic heterocycles. The van der Waals surface area contributed by atoms with Gasteiger partial charge in [0, 0.05) is 36.5 Å². The number of carbonyl (C=O) groups excluding carboxylic acids is 1. The molecule has 11 nitrogen and oxygen atoms in total. The summed E-state index contributed by atoms with van der Waals surface area (Å²) >= 11 is 0. The van der Waals surface area contributed by atoms with E-state index in [0.717, 1.165) is 55.5 Å². The highest BCUT2D eigenvalue weighted by molar-refractivity contribution is 5.80. The van der Waals surface area contributed by atoms with Gasteiger partial charge in [0.2, 0.25) is 5.95 Å². The molecular weight excluding hydrogens is 610 g/mol. The van der Waals surface area contributed by atoms with Crippen LogP contribution in [0, 0.1) is 11.3 Å². The minimum Gasteiger partial charge on any atom is -0.496 e. The van der Waals surface area contributed by atoms with E-state index in [4.69, 9.17) is 14.2 Å². The number of hydrogen-bond donors (Lipinski definition) is 2. The molecule has 3 fully saturated rings. The van der Waals surface area contributed by atoms with Crippen LogP contribution in [0.5, 0.6) is 11.5 Å². The van der Waals surface area contributed by atoms with Gasteiger partial charge >= 0.3 is 5.92 Å². The predicted molar refractivity (Wildman–Crippen MR) is 169 cm³/mol. The average Bonchev–Trinajstić information content (AvgIpc) is 3.05. The van der Waals surface area contributed by atoms with Crippen molar-refractivity contribution < 1.29 is 32.9 Å². The molecule has 2 N–H and O–H groups in total. The minimum atomic E-state index is -3.37. The molecule has 0 saturated carbocycles. The van der Waals surface area contributed by atoms with Gasteiger partial charge in [0.1, 0.15) is 23.7 Å². The van der Waals surface area contributed by atoms with Gasteiger partial charge in [-0.1, -0.05) is 6.07 Å². The molecule has 13 heteroatoms. The third kappa shape index (κ3) is 7.15. The first-order chi connectivity index (χ1) is 22.6. The van der Waals surface area contributed by atoms with Crippen molar-refractivity contribution in [1.29, 1.82) is 5.26 Å². The molecule has 0 spiro atoms. The number of alkyl halides is 2. The monoisotopic (exact) mass is 648 g/mol. The summed E-state index contributed by atoms with van der Waals surface area (Å²) in [5.41, 5.74) is 3.11. The van der Waals surface area contributed by atoms with Crippen molar-refractivity contribution in [1.82, 2.24) is 19.8 Å². The number of aliphatic hydroxyl groups is 1. The van der Waals surface area contributed by atoms with Crippen LogP contribution in [0.15, 0.2) is 48.7 Å². The molecule has 1 amide bonds. The number of nitrogens with one attached hydrogen (secondary N) is 1. The lowest BCUT2D eigenvalue weighted by Gasteiger charge is -2.41. The smallest absolute Gasteiger partial charge is 0.301 e. The maximum absolute atomic E-state index is 14.9. The molecule has 1 unspecified atom stereocenters. The number of ether oxygens (including phenoxy) is 3. The lowest BCUT2D eigenvalue weighted by Crippen LogP contribution is -2.56. The number of piperidine rings is 2. The van der Waals surface area contributed by atoms with Crippen LogP contribution in [0.2, 0.25) is 0 Å². The predicted octanol–water partition coefficient (Wildman–Crippen LogP) is 4.34. The molecule has 3 saturated heterocycles. The van der Waals surface area contributed by atoms with E-state index in [1.807, 2.05) is 18.2 Å². The molecule has 0 radical (unpaired) electrons. The molecule has 3 aromatic rings. The first-order valence-corrected chi connectivity index (χ1v) is 15.8. The average molecular weight is 649 g/mol. The zero-order valence-electron chi connectivity index (χ0n) is 26.4. The van der Waals surface area contributed by atoms with Crippen molar-refractivity contribution in [2.24, 2.45) is 0 Å². The minimum absolute atomic E-state index is 0.00512. The third-order valence-corrected chi connectivity index (χ3v) is 9.12. The van der Waals surface area contributed by atoms with E-state index in [0.29, 0.717) is 29.2 Å². The largest absolute Gasteiger partial charge is 0.496 e. The van der Waals surface area contributed by atoms with Crippen LogP contribution < -0.4 is 14.8 Å². The van der Waals surface area contributed by atoms with Crippen LogP contribution in [0.3, 0.4) is 0 Å². The highest BCUT2D eigenvalue weighted by Crippen LogP contribution is 2.38. The van der Waals surface area contributed by atoms with E-state index in [1.165, 1.54) is 24.6 Å². The zero-order valence-corrected chi connectivity index (χ0v) is 26.4. The summed E-state index contributed by atoms with van der Waals surface area (Å²) < 4.78 is 46.6. The summed E-state index contributed by atoms with van der Waals surface area (Å²) in [6.07, 6.45) is 0.662. The number of methoxy groups -OCH3 is 1.